The van der Waals surface area contributed by atoms with Gasteiger partial charge in [-0.15, -0.1) is 11.3 Å². The number of nitrogens with one attached hydrogen (secondary N) is 2. The van der Waals surface area contributed by atoms with E-state index in [9.17, 15) is 23.5 Å². The molecule has 0 spiro atoms. The van der Waals surface area contributed by atoms with Gasteiger partial charge in [0.05, 0.1) is 17.5 Å². The van der Waals surface area contributed by atoms with Gasteiger partial charge in [0, 0.05) is 36.3 Å². The number of carbonyl (C=O) groups is 2. The van der Waals surface area contributed by atoms with Crippen LogP contribution in [0.2, 0.25) is 0 Å². The third-order valence-corrected chi connectivity index (χ3v) is 7.14. The minimum Gasteiger partial charge on any atom is -0.393 e. The van der Waals surface area contributed by atoms with Crippen molar-refractivity contribution in [2.45, 2.75) is 77.1 Å². The molecule has 1 aliphatic heterocycles. The molecule has 1 aliphatic carbocycles. The van der Waals surface area contributed by atoms with E-state index in [1.807, 2.05) is 26.8 Å². The Morgan fingerprint density at radius 2 is 2.03 bits per heavy atom. The number of hydrogen-bond donors (Lipinski definition) is 3. The molecule has 0 aromatic carbocycles. The summed E-state index contributed by atoms with van der Waals surface area (Å²) >= 11 is 1.04. The highest BCUT2D eigenvalue weighted by Gasteiger charge is 2.46. The van der Waals surface area contributed by atoms with Gasteiger partial charge in [0.1, 0.15) is 11.5 Å². The van der Waals surface area contributed by atoms with Gasteiger partial charge < -0.3 is 20.6 Å². The second kappa shape index (κ2) is 9.18. The van der Waals surface area contributed by atoms with Gasteiger partial charge in [0.2, 0.25) is 0 Å². The van der Waals surface area contributed by atoms with Crippen LogP contribution in [0.5, 0.6) is 0 Å². The van der Waals surface area contributed by atoms with Crippen LogP contribution in [0.25, 0.3) is 10.4 Å². The number of likely N-dealkylation sites (tertiary alicyclic amines) is 1. The fourth-order valence-corrected chi connectivity index (χ4v) is 5.32. The fraction of sp³-hybridized carbons (Fsp3) is 0.565. The molecule has 0 radical (unpaired) electrons. The molecule has 3 heterocycles. The molecule has 4 rings (SSSR count). The SMILES string of the molecule is Cc1cc(NC(C)C)ncc1-c1sc(C(=O)NC2CC(O)C2)nc1C(=O)N1CC(F)(F)C[C@@H]1C. The number of hydrogen-bond acceptors (Lipinski definition) is 7. The van der Waals surface area contributed by atoms with Crippen molar-refractivity contribution in [1.29, 1.82) is 0 Å². The number of aliphatic hydroxyl groups excluding tert-OH is 1. The molecule has 2 fully saturated rings. The zero-order valence-corrected chi connectivity index (χ0v) is 20.4. The van der Waals surface area contributed by atoms with E-state index in [2.05, 4.69) is 20.6 Å². The monoisotopic (exact) mass is 493 g/mol. The molecule has 1 saturated carbocycles. The van der Waals surface area contributed by atoms with E-state index in [0.717, 1.165) is 21.8 Å². The molecule has 0 bridgehead atoms. The molecule has 2 aromatic heterocycles. The average molecular weight is 494 g/mol. The van der Waals surface area contributed by atoms with Crippen LogP contribution in [-0.2, 0) is 0 Å². The molecule has 8 nitrogen and oxygen atoms in total. The van der Waals surface area contributed by atoms with E-state index in [4.69, 9.17) is 0 Å². The summed E-state index contributed by atoms with van der Waals surface area (Å²) in [7, 11) is 0. The molecule has 1 atom stereocenters. The standard InChI is InChI=1S/C23H29F2N5O3S/c1-11(2)27-17-5-12(3)16(9-26-17)19-18(22(33)30-10-23(24,25)8-13(30)4)29-21(34-19)20(32)28-14-6-15(31)7-14/h5,9,11,13-15,31H,6-8,10H2,1-4H3,(H,26,27)(H,28,32)/t13-,14?,15?/m0/s1. The molecule has 34 heavy (non-hydrogen) atoms. The second-order valence-electron chi connectivity index (χ2n) is 9.52. The van der Waals surface area contributed by atoms with E-state index in [1.54, 1.807) is 13.1 Å². The molecule has 3 N–H and O–H groups in total. The average Bonchev–Trinajstić information content (AvgIpc) is 3.26. The first-order valence-electron chi connectivity index (χ1n) is 11.4. The highest BCUT2D eigenvalue weighted by atomic mass is 32.1. The number of carbonyl (C=O) groups excluding carboxylic acids is 2. The molecular weight excluding hydrogens is 464 g/mol. The van der Waals surface area contributed by atoms with Crippen molar-refractivity contribution >= 4 is 29.0 Å². The Kier molecular flexibility index (Phi) is 6.61. The number of pyridine rings is 1. The van der Waals surface area contributed by atoms with Crippen LogP contribution < -0.4 is 10.6 Å². The minimum absolute atomic E-state index is 0.0252. The number of aryl methyl sites for hydroxylation is 1. The Labute approximate surface area is 200 Å². The van der Waals surface area contributed by atoms with Crippen molar-refractivity contribution in [3.8, 4) is 10.4 Å². The molecular formula is C23H29F2N5O3S. The van der Waals surface area contributed by atoms with Crippen LogP contribution in [-0.4, -0.2) is 68.5 Å². The molecule has 2 aromatic rings. The van der Waals surface area contributed by atoms with E-state index >= 15 is 0 Å². The van der Waals surface area contributed by atoms with Gasteiger partial charge >= 0.3 is 0 Å². The van der Waals surface area contributed by atoms with Crippen LogP contribution in [0.1, 0.15) is 65.9 Å². The number of rotatable bonds is 6. The normalized spacial score (nSPS) is 23.6. The third-order valence-electron chi connectivity index (χ3n) is 6.05. The highest BCUT2D eigenvalue weighted by Crippen LogP contribution is 2.37. The molecule has 0 unspecified atom stereocenters. The first-order chi connectivity index (χ1) is 15.9. The van der Waals surface area contributed by atoms with Crippen molar-refractivity contribution < 1.29 is 23.5 Å². The highest BCUT2D eigenvalue weighted by molar-refractivity contribution is 7.17. The predicted octanol–water partition coefficient (Wildman–Crippen LogP) is 3.46. The summed E-state index contributed by atoms with van der Waals surface area (Å²) in [6.45, 7) is 6.74. The summed E-state index contributed by atoms with van der Waals surface area (Å²) in [5.41, 5.74) is 1.40. The van der Waals surface area contributed by atoms with Gasteiger partial charge in [-0.2, -0.15) is 0 Å². The Morgan fingerprint density at radius 1 is 1.32 bits per heavy atom. The summed E-state index contributed by atoms with van der Waals surface area (Å²) in [6.07, 6.45) is 1.69. The van der Waals surface area contributed by atoms with Crippen molar-refractivity contribution in [3.05, 3.63) is 28.5 Å². The van der Waals surface area contributed by atoms with Gasteiger partial charge in [0.25, 0.3) is 17.7 Å². The summed E-state index contributed by atoms with van der Waals surface area (Å²) in [4.78, 5) is 36.5. The van der Waals surface area contributed by atoms with Gasteiger partial charge in [-0.3, -0.25) is 9.59 Å². The van der Waals surface area contributed by atoms with Gasteiger partial charge in [-0.1, -0.05) is 0 Å². The Hall–Kier alpha value is -2.66. The van der Waals surface area contributed by atoms with Crippen molar-refractivity contribution in [2.75, 3.05) is 11.9 Å². The Bertz CT molecular complexity index is 1100. The third kappa shape index (κ3) is 5.05. The maximum atomic E-state index is 14.0. The van der Waals surface area contributed by atoms with Gasteiger partial charge in [-0.05, 0) is 52.2 Å². The molecule has 184 valence electrons. The van der Waals surface area contributed by atoms with Crippen LogP contribution in [0.15, 0.2) is 12.3 Å². The minimum atomic E-state index is -2.96. The van der Waals surface area contributed by atoms with Crippen LogP contribution in [0.3, 0.4) is 0 Å². The van der Waals surface area contributed by atoms with E-state index < -0.39 is 42.8 Å². The second-order valence-corrected chi connectivity index (χ2v) is 10.5. The number of aliphatic hydroxyl groups is 1. The molecule has 1 saturated heterocycles. The van der Waals surface area contributed by atoms with Crippen molar-refractivity contribution in [1.82, 2.24) is 20.2 Å². The van der Waals surface area contributed by atoms with Crippen molar-refractivity contribution in [2.24, 2.45) is 0 Å². The van der Waals surface area contributed by atoms with E-state index in [0.29, 0.717) is 29.1 Å². The fourth-order valence-electron chi connectivity index (χ4n) is 4.29. The maximum absolute atomic E-state index is 14.0. The predicted molar refractivity (Wildman–Crippen MR) is 125 cm³/mol. The number of aromatic nitrogens is 2. The lowest BCUT2D eigenvalue weighted by molar-refractivity contribution is 0.0117. The summed E-state index contributed by atoms with van der Waals surface area (Å²) < 4.78 is 28.0. The van der Waals surface area contributed by atoms with Gasteiger partial charge in [0.15, 0.2) is 5.01 Å². The largest absolute Gasteiger partial charge is 0.393 e. The number of amides is 2. The number of alkyl halides is 2. The van der Waals surface area contributed by atoms with E-state index in [1.165, 1.54) is 0 Å². The molecule has 2 amide bonds. The lowest BCUT2D eigenvalue weighted by Crippen LogP contribution is -2.46. The summed E-state index contributed by atoms with van der Waals surface area (Å²) in [5.74, 6) is -3.37. The molecule has 11 heteroatoms. The number of thiazole rings is 1. The number of nitrogens with zero attached hydrogens (tertiary/aromatic N) is 3. The quantitative estimate of drug-likeness (QED) is 0.569. The lowest BCUT2D eigenvalue weighted by Gasteiger charge is -2.31. The zero-order valence-electron chi connectivity index (χ0n) is 19.6. The van der Waals surface area contributed by atoms with Gasteiger partial charge in [-0.25, -0.2) is 18.7 Å². The van der Waals surface area contributed by atoms with E-state index in [-0.39, 0.29) is 22.8 Å². The first kappa shape index (κ1) is 24.5. The number of anilines is 1. The first-order valence-corrected chi connectivity index (χ1v) is 12.2. The number of halogens is 2. The summed E-state index contributed by atoms with van der Waals surface area (Å²) in [6, 6.07) is 1.21. The summed E-state index contributed by atoms with van der Waals surface area (Å²) in [5, 5.41) is 15.6. The molecule has 2 aliphatic rings. The Balaban J connectivity index is 1.70. The lowest BCUT2D eigenvalue weighted by atomic mass is 9.89. The maximum Gasteiger partial charge on any atom is 0.280 e. The van der Waals surface area contributed by atoms with Crippen molar-refractivity contribution in [3.63, 3.8) is 0 Å². The topological polar surface area (TPSA) is 107 Å². The van der Waals surface area contributed by atoms with Crippen LogP contribution >= 0.6 is 11.3 Å². The Morgan fingerprint density at radius 3 is 2.59 bits per heavy atom. The smallest absolute Gasteiger partial charge is 0.280 e. The zero-order chi connectivity index (χ0) is 24.8. The van der Waals surface area contributed by atoms with Crippen LogP contribution in [0.4, 0.5) is 14.6 Å². The van der Waals surface area contributed by atoms with Crippen LogP contribution in [0, 0.1) is 6.92 Å².